The van der Waals surface area contributed by atoms with Crippen LogP contribution in [0.5, 0.6) is 0 Å². The SMILES string of the molecule is Cc1cc(CN2C[C@@H]3[C@H](CNC(=O)C4CCC4)[C@H]4CC[C@]3(C2)O4)ccc1F.O=CO. The monoisotopic (exact) mass is 418 g/mol. The highest BCUT2D eigenvalue weighted by molar-refractivity contribution is 5.79. The summed E-state index contributed by atoms with van der Waals surface area (Å²) in [4.78, 5) is 23.1. The lowest BCUT2D eigenvalue weighted by Gasteiger charge is -2.31. The van der Waals surface area contributed by atoms with Crippen molar-refractivity contribution in [3.8, 4) is 0 Å². The average molecular weight is 419 g/mol. The summed E-state index contributed by atoms with van der Waals surface area (Å²) in [7, 11) is 0. The zero-order valence-electron chi connectivity index (χ0n) is 17.5. The van der Waals surface area contributed by atoms with Gasteiger partial charge >= 0.3 is 0 Å². The molecular weight excluding hydrogens is 387 g/mol. The lowest BCUT2D eigenvalue weighted by atomic mass is 9.73. The van der Waals surface area contributed by atoms with Gasteiger partial charge in [-0.2, -0.15) is 0 Å². The molecule has 7 heteroatoms. The summed E-state index contributed by atoms with van der Waals surface area (Å²) >= 11 is 0. The fraction of sp³-hybridized carbons (Fsp3) is 0.652. The molecule has 2 bridgehead atoms. The molecule has 4 fully saturated rings. The van der Waals surface area contributed by atoms with E-state index in [0.29, 0.717) is 23.5 Å². The standard InChI is InChI=1S/C22H29FN2O2.CH2O2/c1-14-9-15(5-6-19(14)23)11-25-12-18-17(10-24-21(26)16-3-2-4-16)20-7-8-22(18,13-25)27-20;2-1-3/h5-6,9,16-18,20H,2-4,7-8,10-13H2,1H3,(H,24,26);1H,(H,2,3)/t17-,18+,20+,22+;/m0./s1. The van der Waals surface area contributed by atoms with Gasteiger partial charge in [0.15, 0.2) is 0 Å². The van der Waals surface area contributed by atoms with Crippen molar-refractivity contribution in [1.82, 2.24) is 10.2 Å². The number of carbonyl (C=O) groups excluding carboxylic acids is 1. The predicted octanol–water partition coefficient (Wildman–Crippen LogP) is 2.73. The summed E-state index contributed by atoms with van der Waals surface area (Å²) in [6.45, 7) is 5.14. The molecule has 5 rings (SSSR count). The van der Waals surface area contributed by atoms with Gasteiger partial charge in [-0.3, -0.25) is 14.5 Å². The number of halogens is 1. The van der Waals surface area contributed by atoms with E-state index in [1.807, 2.05) is 19.1 Å². The number of carboxylic acid groups (broad SMARTS) is 1. The lowest BCUT2D eigenvalue weighted by molar-refractivity contribution is -0.127. The molecule has 164 valence electrons. The maximum atomic E-state index is 13.5. The van der Waals surface area contributed by atoms with Crippen LogP contribution in [-0.4, -0.2) is 53.7 Å². The molecule has 4 atom stereocenters. The third kappa shape index (κ3) is 3.97. The van der Waals surface area contributed by atoms with Crippen LogP contribution in [0.25, 0.3) is 0 Å². The first-order chi connectivity index (χ1) is 14.5. The van der Waals surface area contributed by atoms with Gasteiger partial charge in [0.1, 0.15) is 5.82 Å². The van der Waals surface area contributed by atoms with E-state index < -0.39 is 0 Å². The van der Waals surface area contributed by atoms with Crippen LogP contribution in [0.1, 0.15) is 43.2 Å². The molecule has 2 N–H and O–H groups in total. The second-order valence-corrected chi connectivity index (χ2v) is 9.26. The minimum atomic E-state index is -0.250. The van der Waals surface area contributed by atoms with Crippen LogP contribution in [-0.2, 0) is 20.9 Å². The Morgan fingerprint density at radius 2 is 2.17 bits per heavy atom. The van der Waals surface area contributed by atoms with Crippen LogP contribution in [0.4, 0.5) is 4.39 Å². The molecule has 1 aliphatic carbocycles. The molecule has 1 spiro atoms. The number of nitrogens with one attached hydrogen (secondary N) is 1. The van der Waals surface area contributed by atoms with Gasteiger partial charge in [-0.05, 0) is 49.8 Å². The Hall–Kier alpha value is -1.99. The summed E-state index contributed by atoms with van der Waals surface area (Å²) in [5.74, 6) is 1.29. The number of hydrogen-bond donors (Lipinski definition) is 2. The number of carbonyl (C=O) groups is 2. The van der Waals surface area contributed by atoms with Crippen molar-refractivity contribution >= 4 is 12.4 Å². The largest absolute Gasteiger partial charge is 0.483 e. The van der Waals surface area contributed by atoms with Gasteiger partial charge in [0.2, 0.25) is 5.91 Å². The summed E-state index contributed by atoms with van der Waals surface area (Å²) in [6, 6.07) is 5.42. The minimum Gasteiger partial charge on any atom is -0.483 e. The second kappa shape index (κ2) is 8.63. The van der Waals surface area contributed by atoms with Gasteiger partial charge in [0.05, 0.1) is 11.7 Å². The van der Waals surface area contributed by atoms with Crippen molar-refractivity contribution in [2.45, 2.75) is 57.3 Å². The minimum absolute atomic E-state index is 0.0222. The molecule has 3 heterocycles. The van der Waals surface area contributed by atoms with Gasteiger partial charge < -0.3 is 15.2 Å². The van der Waals surface area contributed by atoms with Crippen LogP contribution in [0.15, 0.2) is 18.2 Å². The number of amides is 1. The van der Waals surface area contributed by atoms with Crippen molar-refractivity contribution in [1.29, 1.82) is 0 Å². The van der Waals surface area contributed by atoms with Gasteiger partial charge in [0, 0.05) is 43.9 Å². The first-order valence-corrected chi connectivity index (χ1v) is 11.0. The number of rotatable bonds is 5. The first-order valence-electron chi connectivity index (χ1n) is 11.0. The number of benzene rings is 1. The zero-order valence-corrected chi connectivity index (χ0v) is 17.5. The number of hydrogen-bond acceptors (Lipinski definition) is 4. The Morgan fingerprint density at radius 3 is 2.83 bits per heavy atom. The molecule has 4 aliphatic rings. The Morgan fingerprint density at radius 1 is 1.40 bits per heavy atom. The summed E-state index contributed by atoms with van der Waals surface area (Å²) in [5, 5.41) is 10.1. The second-order valence-electron chi connectivity index (χ2n) is 9.26. The van der Waals surface area contributed by atoms with E-state index >= 15 is 0 Å². The highest BCUT2D eigenvalue weighted by atomic mass is 19.1. The molecule has 1 aromatic rings. The molecule has 0 unspecified atom stereocenters. The first kappa shape index (κ1) is 21.2. The van der Waals surface area contributed by atoms with Crippen LogP contribution < -0.4 is 5.32 Å². The van der Waals surface area contributed by atoms with E-state index in [4.69, 9.17) is 14.6 Å². The normalized spacial score (nSPS) is 32.1. The van der Waals surface area contributed by atoms with Crippen LogP contribution in [0.3, 0.4) is 0 Å². The van der Waals surface area contributed by atoms with E-state index in [0.717, 1.165) is 57.4 Å². The van der Waals surface area contributed by atoms with Gasteiger partial charge in [-0.25, -0.2) is 4.39 Å². The molecule has 6 nitrogen and oxygen atoms in total. The van der Waals surface area contributed by atoms with Gasteiger partial charge in [-0.15, -0.1) is 0 Å². The fourth-order valence-corrected chi connectivity index (χ4v) is 5.78. The van der Waals surface area contributed by atoms with Crippen molar-refractivity contribution in [2.24, 2.45) is 17.8 Å². The van der Waals surface area contributed by atoms with E-state index in [1.165, 1.54) is 6.42 Å². The topological polar surface area (TPSA) is 78.9 Å². The molecule has 1 amide bonds. The average Bonchev–Trinajstić information content (AvgIpc) is 3.30. The third-order valence-corrected chi connectivity index (χ3v) is 7.47. The maximum Gasteiger partial charge on any atom is 0.290 e. The summed E-state index contributed by atoms with van der Waals surface area (Å²) in [5.41, 5.74) is 1.85. The van der Waals surface area contributed by atoms with Crippen molar-refractivity contribution in [2.75, 3.05) is 19.6 Å². The van der Waals surface area contributed by atoms with E-state index in [1.54, 1.807) is 6.07 Å². The van der Waals surface area contributed by atoms with Crippen molar-refractivity contribution in [3.05, 3.63) is 35.1 Å². The zero-order chi connectivity index (χ0) is 21.3. The van der Waals surface area contributed by atoms with E-state index in [9.17, 15) is 9.18 Å². The summed E-state index contributed by atoms with van der Waals surface area (Å²) in [6.07, 6.45) is 5.85. The van der Waals surface area contributed by atoms with E-state index in [-0.39, 0.29) is 29.7 Å². The Labute approximate surface area is 176 Å². The van der Waals surface area contributed by atoms with Crippen LogP contribution in [0.2, 0.25) is 0 Å². The van der Waals surface area contributed by atoms with Crippen LogP contribution in [0, 0.1) is 30.5 Å². The molecule has 1 aromatic carbocycles. The fourth-order valence-electron chi connectivity index (χ4n) is 5.78. The molecule has 3 aliphatic heterocycles. The Balaban J connectivity index is 0.000000687. The molecule has 0 aromatic heterocycles. The number of nitrogens with zero attached hydrogens (tertiary/aromatic N) is 1. The number of ether oxygens (including phenoxy) is 1. The molecule has 0 radical (unpaired) electrons. The molecule has 3 saturated heterocycles. The van der Waals surface area contributed by atoms with Gasteiger partial charge in [0.25, 0.3) is 6.47 Å². The summed E-state index contributed by atoms with van der Waals surface area (Å²) < 4.78 is 20.0. The quantitative estimate of drug-likeness (QED) is 0.719. The smallest absolute Gasteiger partial charge is 0.290 e. The number of aryl methyl sites for hydroxylation is 1. The Bertz CT molecular complexity index is 799. The third-order valence-electron chi connectivity index (χ3n) is 7.47. The molecule has 30 heavy (non-hydrogen) atoms. The maximum absolute atomic E-state index is 13.5. The van der Waals surface area contributed by atoms with Gasteiger partial charge in [-0.1, -0.05) is 18.6 Å². The van der Waals surface area contributed by atoms with Crippen LogP contribution >= 0.6 is 0 Å². The highest BCUT2D eigenvalue weighted by Gasteiger charge is 2.62. The lowest BCUT2D eigenvalue weighted by Crippen LogP contribution is -2.44. The molecule has 1 saturated carbocycles. The predicted molar refractivity (Wildman–Crippen MR) is 109 cm³/mol. The molecular formula is C23H31FN2O4. The Kier molecular flexibility index (Phi) is 6.11. The highest BCUT2D eigenvalue weighted by Crippen LogP contribution is 2.54. The number of likely N-dealkylation sites (tertiary alicyclic amines) is 1. The number of fused-ring (bicyclic) bond motifs is 1. The van der Waals surface area contributed by atoms with E-state index in [2.05, 4.69) is 10.2 Å². The van der Waals surface area contributed by atoms with Crippen molar-refractivity contribution in [3.63, 3.8) is 0 Å². The van der Waals surface area contributed by atoms with Crippen molar-refractivity contribution < 1.29 is 23.8 Å².